The van der Waals surface area contributed by atoms with E-state index in [1.807, 2.05) is 11.6 Å². The van der Waals surface area contributed by atoms with Crippen molar-refractivity contribution in [1.29, 1.82) is 0 Å². The van der Waals surface area contributed by atoms with Crippen molar-refractivity contribution >= 4 is 17.7 Å². The lowest BCUT2D eigenvalue weighted by molar-refractivity contribution is 0.642. The fourth-order valence-electron chi connectivity index (χ4n) is 1.79. The first-order valence-electron chi connectivity index (χ1n) is 5.75. The third-order valence-electron chi connectivity index (χ3n) is 2.84. The van der Waals surface area contributed by atoms with Gasteiger partial charge in [0.1, 0.15) is 0 Å². The van der Waals surface area contributed by atoms with Crippen LogP contribution in [-0.4, -0.2) is 20.0 Å². The van der Waals surface area contributed by atoms with Crippen molar-refractivity contribution in [1.82, 2.24) is 14.8 Å². The van der Waals surface area contributed by atoms with Crippen LogP contribution in [0, 0.1) is 0 Å². The monoisotopic (exact) mass is 238 g/mol. The van der Waals surface area contributed by atoms with Gasteiger partial charge in [-0.1, -0.05) is 36.8 Å². The van der Waals surface area contributed by atoms with E-state index < -0.39 is 0 Å². The summed E-state index contributed by atoms with van der Waals surface area (Å²) in [6.07, 6.45) is 11.0. The molecular weight excluding hydrogens is 220 g/mol. The maximum Gasteiger partial charge on any atom is 0.222 e. The Balaban J connectivity index is 2.02. The van der Waals surface area contributed by atoms with Gasteiger partial charge in [0.15, 0.2) is 5.16 Å². The molecule has 1 aliphatic carbocycles. The van der Waals surface area contributed by atoms with Crippen LogP contribution in [0.25, 0.3) is 0 Å². The van der Waals surface area contributed by atoms with E-state index >= 15 is 0 Å². The molecule has 2 N–H and O–H groups in total. The maximum atomic E-state index is 5.66. The first-order chi connectivity index (χ1) is 7.77. The Hall–Kier alpha value is -0.970. The summed E-state index contributed by atoms with van der Waals surface area (Å²) in [4.78, 5) is 0. The molecule has 1 aromatic rings. The van der Waals surface area contributed by atoms with Crippen molar-refractivity contribution in [3.8, 4) is 0 Å². The smallest absolute Gasteiger partial charge is 0.222 e. The van der Waals surface area contributed by atoms with Crippen LogP contribution in [0.4, 0.5) is 5.95 Å². The molecule has 16 heavy (non-hydrogen) atoms. The number of anilines is 1. The van der Waals surface area contributed by atoms with E-state index in [1.165, 1.54) is 32.1 Å². The fourth-order valence-corrected chi connectivity index (χ4v) is 2.88. The van der Waals surface area contributed by atoms with Crippen LogP contribution in [0.5, 0.6) is 0 Å². The highest BCUT2D eigenvalue weighted by molar-refractivity contribution is 7.99. The summed E-state index contributed by atoms with van der Waals surface area (Å²) in [6, 6.07) is 0. The zero-order valence-electron chi connectivity index (χ0n) is 9.59. The fraction of sp³-hybridized carbons (Fsp3) is 0.636. The average molecular weight is 238 g/mol. The molecule has 0 saturated carbocycles. The largest absolute Gasteiger partial charge is 0.368 e. The van der Waals surface area contributed by atoms with Gasteiger partial charge in [-0.3, -0.25) is 4.57 Å². The molecule has 0 aromatic carbocycles. The van der Waals surface area contributed by atoms with Crippen LogP contribution >= 0.6 is 11.8 Å². The Bertz CT molecular complexity index is 372. The molecule has 0 saturated heterocycles. The molecule has 0 bridgehead atoms. The Morgan fingerprint density at radius 2 is 2.25 bits per heavy atom. The topological polar surface area (TPSA) is 56.7 Å². The van der Waals surface area contributed by atoms with Gasteiger partial charge in [0, 0.05) is 12.3 Å². The van der Waals surface area contributed by atoms with Gasteiger partial charge < -0.3 is 5.73 Å². The second-order valence-electron chi connectivity index (χ2n) is 4.12. The molecule has 1 heterocycles. The molecule has 0 radical (unpaired) electrons. The number of nitrogens with two attached hydrogens (primary N) is 1. The van der Waals surface area contributed by atoms with Gasteiger partial charge in [0.25, 0.3) is 0 Å². The van der Waals surface area contributed by atoms with E-state index in [1.54, 1.807) is 11.8 Å². The highest BCUT2D eigenvalue weighted by Crippen LogP contribution is 2.28. The number of hydrogen-bond donors (Lipinski definition) is 1. The standard InChI is InChI=1S/C11H18N4S/c1-15-10(12)13-14-11(15)16-9-7-5-3-2-4-6-8-9/h5,7,9H,2-4,6,8H2,1H3,(H2,12,13)/b7-5-. The van der Waals surface area contributed by atoms with Crippen LogP contribution in [0.1, 0.15) is 32.1 Å². The van der Waals surface area contributed by atoms with Crippen molar-refractivity contribution < 1.29 is 0 Å². The van der Waals surface area contributed by atoms with Crippen molar-refractivity contribution in [2.75, 3.05) is 5.73 Å². The van der Waals surface area contributed by atoms with Gasteiger partial charge in [0.05, 0.1) is 0 Å². The van der Waals surface area contributed by atoms with Crippen molar-refractivity contribution in [3.05, 3.63) is 12.2 Å². The first-order valence-corrected chi connectivity index (χ1v) is 6.63. The number of allylic oxidation sites excluding steroid dienone is 1. The summed E-state index contributed by atoms with van der Waals surface area (Å²) in [6.45, 7) is 0. The summed E-state index contributed by atoms with van der Waals surface area (Å²) >= 11 is 1.76. The zero-order valence-corrected chi connectivity index (χ0v) is 10.4. The molecule has 2 rings (SSSR count). The van der Waals surface area contributed by atoms with Gasteiger partial charge in [-0.05, 0) is 19.3 Å². The molecular formula is C11H18N4S. The lowest BCUT2D eigenvalue weighted by atomic mass is 10.1. The Labute approximate surface area is 100 Å². The SMILES string of the molecule is Cn1c(N)nnc1SC1/C=C\CCCCC1. The minimum Gasteiger partial charge on any atom is -0.368 e. The van der Waals surface area contributed by atoms with E-state index in [0.717, 1.165) is 5.16 Å². The summed E-state index contributed by atoms with van der Waals surface area (Å²) in [5.74, 6) is 0.484. The van der Waals surface area contributed by atoms with Gasteiger partial charge in [0.2, 0.25) is 5.95 Å². The molecule has 1 aromatic heterocycles. The van der Waals surface area contributed by atoms with Crippen molar-refractivity contribution in [2.45, 2.75) is 42.5 Å². The van der Waals surface area contributed by atoms with Crippen LogP contribution in [-0.2, 0) is 7.05 Å². The van der Waals surface area contributed by atoms with Crippen LogP contribution < -0.4 is 5.73 Å². The number of thioether (sulfide) groups is 1. The number of hydrogen-bond acceptors (Lipinski definition) is 4. The summed E-state index contributed by atoms with van der Waals surface area (Å²) in [5, 5.41) is 9.38. The van der Waals surface area contributed by atoms with Gasteiger partial charge in [-0.2, -0.15) is 0 Å². The summed E-state index contributed by atoms with van der Waals surface area (Å²) < 4.78 is 1.84. The first kappa shape index (κ1) is 11.5. The van der Waals surface area contributed by atoms with Crippen molar-refractivity contribution in [3.63, 3.8) is 0 Å². The van der Waals surface area contributed by atoms with E-state index in [2.05, 4.69) is 22.3 Å². The zero-order chi connectivity index (χ0) is 11.4. The second kappa shape index (κ2) is 5.39. The maximum absolute atomic E-state index is 5.66. The predicted octanol–water partition coefficient (Wildman–Crippen LogP) is 2.38. The number of rotatable bonds is 2. The van der Waals surface area contributed by atoms with Gasteiger partial charge >= 0.3 is 0 Å². The Kier molecular flexibility index (Phi) is 3.88. The molecule has 0 spiro atoms. The average Bonchev–Trinajstić information content (AvgIpc) is 2.53. The molecule has 1 unspecified atom stereocenters. The van der Waals surface area contributed by atoms with Crippen molar-refractivity contribution in [2.24, 2.45) is 7.05 Å². The third kappa shape index (κ3) is 2.78. The lowest BCUT2D eigenvalue weighted by Crippen LogP contribution is -2.04. The Morgan fingerprint density at radius 1 is 1.38 bits per heavy atom. The quantitative estimate of drug-likeness (QED) is 0.804. The van der Waals surface area contributed by atoms with E-state index in [-0.39, 0.29) is 0 Å². The van der Waals surface area contributed by atoms with E-state index in [0.29, 0.717) is 11.2 Å². The minimum atomic E-state index is 0.484. The van der Waals surface area contributed by atoms with E-state index in [4.69, 9.17) is 5.73 Å². The third-order valence-corrected chi connectivity index (χ3v) is 4.10. The molecule has 5 heteroatoms. The highest BCUT2D eigenvalue weighted by atomic mass is 32.2. The molecule has 1 aliphatic rings. The minimum absolute atomic E-state index is 0.484. The molecule has 0 fully saturated rings. The molecule has 88 valence electrons. The number of aromatic nitrogens is 3. The van der Waals surface area contributed by atoms with E-state index in [9.17, 15) is 0 Å². The molecule has 0 amide bonds. The normalized spacial score (nSPS) is 23.7. The Morgan fingerprint density at radius 3 is 3.00 bits per heavy atom. The van der Waals surface area contributed by atoms with Gasteiger partial charge in [-0.15, -0.1) is 10.2 Å². The number of nitrogens with zero attached hydrogens (tertiary/aromatic N) is 3. The lowest BCUT2D eigenvalue weighted by Gasteiger charge is -2.13. The van der Waals surface area contributed by atoms with Crippen LogP contribution in [0.2, 0.25) is 0 Å². The molecule has 4 nitrogen and oxygen atoms in total. The highest BCUT2D eigenvalue weighted by Gasteiger charge is 2.13. The molecule has 1 atom stereocenters. The second-order valence-corrected chi connectivity index (χ2v) is 5.33. The summed E-state index contributed by atoms with van der Waals surface area (Å²) in [5.41, 5.74) is 5.66. The number of nitrogen functional groups attached to an aromatic ring is 1. The van der Waals surface area contributed by atoms with Crippen LogP contribution in [0.15, 0.2) is 17.3 Å². The van der Waals surface area contributed by atoms with Crippen LogP contribution in [0.3, 0.4) is 0 Å². The van der Waals surface area contributed by atoms with Gasteiger partial charge in [-0.25, -0.2) is 0 Å². The molecule has 0 aliphatic heterocycles. The predicted molar refractivity (Wildman–Crippen MR) is 67.3 cm³/mol. The summed E-state index contributed by atoms with van der Waals surface area (Å²) in [7, 11) is 1.91.